The lowest BCUT2D eigenvalue weighted by atomic mass is 10.1. The monoisotopic (exact) mass is 294 g/mol. The number of nitro benzene ring substituents is 1. The highest BCUT2D eigenvalue weighted by molar-refractivity contribution is 7.15. The van der Waals surface area contributed by atoms with Gasteiger partial charge in [-0.25, -0.2) is 10.8 Å². The zero-order valence-electron chi connectivity index (χ0n) is 10.8. The van der Waals surface area contributed by atoms with E-state index in [-0.39, 0.29) is 18.0 Å². The number of rotatable bonds is 6. The summed E-state index contributed by atoms with van der Waals surface area (Å²) in [5.74, 6) is 5.49. The third-order valence-corrected chi connectivity index (χ3v) is 3.58. The molecule has 3 N–H and O–H groups in total. The van der Waals surface area contributed by atoms with Gasteiger partial charge in [-0.1, -0.05) is 24.3 Å². The Bertz CT molecular complexity index is 614. The van der Waals surface area contributed by atoms with Gasteiger partial charge in [0, 0.05) is 12.3 Å². The summed E-state index contributed by atoms with van der Waals surface area (Å²) in [6, 6.07) is 4.98. The van der Waals surface area contributed by atoms with E-state index in [4.69, 9.17) is 10.6 Å². The lowest BCUT2D eigenvalue weighted by Gasteiger charge is -2.06. The van der Waals surface area contributed by atoms with Crippen LogP contribution in [0.3, 0.4) is 0 Å². The first-order valence-electron chi connectivity index (χ1n) is 5.95. The Labute approximate surface area is 119 Å². The van der Waals surface area contributed by atoms with Gasteiger partial charge in [-0.15, -0.1) is 0 Å². The summed E-state index contributed by atoms with van der Waals surface area (Å²) >= 11 is 1.33. The molecular formula is C12H14N4O3S. The molecule has 7 nitrogen and oxygen atoms in total. The molecule has 0 aliphatic heterocycles. The number of aryl methyl sites for hydroxylation is 1. The number of nitrogens with one attached hydrogen (secondary N) is 1. The molecule has 0 radical (unpaired) electrons. The minimum Gasteiger partial charge on any atom is -0.481 e. The van der Waals surface area contributed by atoms with Crippen molar-refractivity contribution in [2.75, 3.05) is 5.43 Å². The van der Waals surface area contributed by atoms with Crippen molar-refractivity contribution in [2.45, 2.75) is 20.0 Å². The van der Waals surface area contributed by atoms with Gasteiger partial charge >= 0.3 is 5.69 Å². The standard InChI is InChI=1S/C12H14N4O3S/c1-2-8-3-4-11(10(5-8)16(17)18)19-7-9-6-14-12(15-13)20-9/h3-6H,2,7,13H2,1H3,(H,14,15). The summed E-state index contributed by atoms with van der Waals surface area (Å²) in [7, 11) is 0. The molecule has 1 aromatic heterocycles. The number of thiazole rings is 1. The van der Waals surface area contributed by atoms with Crippen LogP contribution in [0.4, 0.5) is 10.8 Å². The van der Waals surface area contributed by atoms with E-state index in [1.807, 2.05) is 13.0 Å². The van der Waals surface area contributed by atoms with Crippen LogP contribution in [-0.2, 0) is 13.0 Å². The van der Waals surface area contributed by atoms with Crippen molar-refractivity contribution in [3.05, 3.63) is 45.0 Å². The van der Waals surface area contributed by atoms with E-state index in [1.165, 1.54) is 17.4 Å². The molecule has 0 bridgehead atoms. The number of benzene rings is 1. The summed E-state index contributed by atoms with van der Waals surface area (Å²) in [6.45, 7) is 2.16. The highest BCUT2D eigenvalue weighted by Gasteiger charge is 2.16. The van der Waals surface area contributed by atoms with Crippen molar-refractivity contribution < 1.29 is 9.66 Å². The van der Waals surface area contributed by atoms with Gasteiger partial charge in [0.25, 0.3) is 0 Å². The van der Waals surface area contributed by atoms with E-state index in [0.29, 0.717) is 5.13 Å². The molecule has 0 spiro atoms. The van der Waals surface area contributed by atoms with E-state index >= 15 is 0 Å². The van der Waals surface area contributed by atoms with Crippen LogP contribution in [0.1, 0.15) is 17.4 Å². The number of hydrogen-bond donors (Lipinski definition) is 2. The number of hydrazine groups is 1. The molecule has 106 valence electrons. The fourth-order valence-electron chi connectivity index (χ4n) is 1.64. The van der Waals surface area contributed by atoms with Crippen LogP contribution in [0.2, 0.25) is 0 Å². The van der Waals surface area contributed by atoms with Crippen molar-refractivity contribution >= 4 is 22.2 Å². The van der Waals surface area contributed by atoms with Gasteiger partial charge in [0.2, 0.25) is 0 Å². The number of aromatic nitrogens is 1. The smallest absolute Gasteiger partial charge is 0.311 e. The van der Waals surface area contributed by atoms with Crippen molar-refractivity contribution in [3.63, 3.8) is 0 Å². The molecule has 0 atom stereocenters. The second-order valence-electron chi connectivity index (χ2n) is 3.98. The van der Waals surface area contributed by atoms with Gasteiger partial charge < -0.3 is 4.74 Å². The normalized spacial score (nSPS) is 10.3. The van der Waals surface area contributed by atoms with Gasteiger partial charge in [0.15, 0.2) is 10.9 Å². The Kier molecular flexibility index (Phi) is 4.49. The van der Waals surface area contributed by atoms with Gasteiger partial charge in [0.1, 0.15) is 6.61 Å². The first-order chi connectivity index (χ1) is 9.63. The molecule has 1 aromatic carbocycles. The minimum atomic E-state index is -0.436. The summed E-state index contributed by atoms with van der Waals surface area (Å²) in [5.41, 5.74) is 3.31. The topological polar surface area (TPSA) is 103 Å². The number of anilines is 1. The fraction of sp³-hybridized carbons (Fsp3) is 0.250. The number of hydrogen-bond acceptors (Lipinski definition) is 7. The molecular weight excluding hydrogens is 280 g/mol. The molecule has 1 heterocycles. The molecule has 0 aliphatic carbocycles. The third kappa shape index (κ3) is 3.22. The molecule has 0 saturated heterocycles. The van der Waals surface area contributed by atoms with Crippen molar-refractivity contribution in [1.82, 2.24) is 4.98 Å². The minimum absolute atomic E-state index is 0.0222. The van der Waals surface area contributed by atoms with Gasteiger partial charge in [0.05, 0.1) is 9.80 Å². The Morgan fingerprint density at radius 1 is 1.55 bits per heavy atom. The molecule has 0 unspecified atom stereocenters. The molecule has 0 amide bonds. The Balaban J connectivity index is 2.14. The fourth-order valence-corrected chi connectivity index (χ4v) is 2.27. The number of nitrogens with zero attached hydrogens (tertiary/aromatic N) is 2. The SMILES string of the molecule is CCc1ccc(OCc2cnc(NN)s2)c([N+](=O)[O-])c1. The maximum Gasteiger partial charge on any atom is 0.311 e. The van der Waals surface area contributed by atoms with E-state index < -0.39 is 4.92 Å². The van der Waals surface area contributed by atoms with E-state index in [2.05, 4.69) is 10.4 Å². The van der Waals surface area contributed by atoms with Crippen molar-refractivity contribution in [1.29, 1.82) is 0 Å². The van der Waals surface area contributed by atoms with Crippen LogP contribution in [0, 0.1) is 10.1 Å². The van der Waals surface area contributed by atoms with Crippen molar-refractivity contribution in [3.8, 4) is 5.75 Å². The van der Waals surface area contributed by atoms with Crippen LogP contribution in [0.15, 0.2) is 24.4 Å². The lowest BCUT2D eigenvalue weighted by Crippen LogP contribution is -2.05. The predicted octanol–water partition coefficient (Wildman–Crippen LogP) is 2.48. The molecule has 20 heavy (non-hydrogen) atoms. The summed E-state index contributed by atoms with van der Waals surface area (Å²) in [5, 5.41) is 11.6. The van der Waals surface area contributed by atoms with E-state index in [1.54, 1.807) is 12.3 Å². The van der Waals surface area contributed by atoms with Gasteiger partial charge in [-0.2, -0.15) is 0 Å². The van der Waals surface area contributed by atoms with Crippen molar-refractivity contribution in [2.24, 2.45) is 5.84 Å². The second-order valence-corrected chi connectivity index (χ2v) is 5.09. The number of nitrogen functional groups attached to an aromatic ring is 1. The third-order valence-electron chi connectivity index (χ3n) is 2.68. The van der Waals surface area contributed by atoms with E-state index in [0.717, 1.165) is 16.9 Å². The Hall–Kier alpha value is -2.19. The number of nitrogens with two attached hydrogens (primary N) is 1. The summed E-state index contributed by atoms with van der Waals surface area (Å²) in [4.78, 5) is 15.4. The highest BCUT2D eigenvalue weighted by atomic mass is 32.1. The van der Waals surface area contributed by atoms with Crippen LogP contribution in [0.5, 0.6) is 5.75 Å². The first kappa shape index (κ1) is 14.2. The quantitative estimate of drug-likeness (QED) is 0.482. The van der Waals surface area contributed by atoms with E-state index in [9.17, 15) is 10.1 Å². The average molecular weight is 294 g/mol. The molecule has 2 aromatic rings. The number of nitro groups is 1. The molecule has 0 aliphatic rings. The second kappa shape index (κ2) is 6.31. The predicted molar refractivity (Wildman–Crippen MR) is 76.7 cm³/mol. The maximum atomic E-state index is 11.0. The molecule has 2 rings (SSSR count). The van der Waals surface area contributed by atoms with Crippen LogP contribution in [0.25, 0.3) is 0 Å². The first-order valence-corrected chi connectivity index (χ1v) is 6.77. The van der Waals surface area contributed by atoms with Gasteiger partial charge in [-0.05, 0) is 18.1 Å². The average Bonchev–Trinajstić information content (AvgIpc) is 2.92. The Morgan fingerprint density at radius 3 is 2.95 bits per heavy atom. The Morgan fingerprint density at radius 2 is 2.35 bits per heavy atom. The zero-order valence-corrected chi connectivity index (χ0v) is 11.6. The summed E-state index contributed by atoms with van der Waals surface area (Å²) in [6.07, 6.45) is 2.35. The molecule has 8 heteroatoms. The van der Waals surface area contributed by atoms with Crippen LogP contribution >= 0.6 is 11.3 Å². The largest absolute Gasteiger partial charge is 0.481 e. The summed E-state index contributed by atoms with van der Waals surface area (Å²) < 4.78 is 5.50. The molecule has 0 saturated carbocycles. The highest BCUT2D eigenvalue weighted by Crippen LogP contribution is 2.29. The maximum absolute atomic E-state index is 11.0. The lowest BCUT2D eigenvalue weighted by molar-refractivity contribution is -0.386. The van der Waals surface area contributed by atoms with Crippen LogP contribution in [-0.4, -0.2) is 9.91 Å². The van der Waals surface area contributed by atoms with Gasteiger partial charge in [-0.3, -0.25) is 15.5 Å². The zero-order chi connectivity index (χ0) is 14.5. The van der Waals surface area contributed by atoms with Crippen LogP contribution < -0.4 is 16.0 Å². The number of ether oxygens (including phenoxy) is 1. The molecule has 0 fully saturated rings.